The van der Waals surface area contributed by atoms with E-state index in [2.05, 4.69) is 15.2 Å². The van der Waals surface area contributed by atoms with Gasteiger partial charge in [-0.1, -0.05) is 0 Å². The summed E-state index contributed by atoms with van der Waals surface area (Å²) >= 11 is 0. The fraction of sp³-hybridized carbons (Fsp3) is 0.333. The van der Waals surface area contributed by atoms with Crippen LogP contribution < -0.4 is 15.8 Å². The Morgan fingerprint density at radius 3 is 2.71 bits per heavy atom. The SMILES string of the molecule is Cc1cc2c(cc1F)nc(Nc1ccc(N3CCCOCC3)cc1)c(=O)n2C. The first kappa shape index (κ1) is 18.4. The fourth-order valence-corrected chi connectivity index (χ4v) is 3.43. The molecular weight excluding hydrogens is 359 g/mol. The lowest BCUT2D eigenvalue weighted by atomic mass is 10.2. The van der Waals surface area contributed by atoms with Crippen LogP contribution in [0.4, 0.5) is 21.6 Å². The first-order valence-electron chi connectivity index (χ1n) is 9.39. The van der Waals surface area contributed by atoms with Gasteiger partial charge in [0.2, 0.25) is 0 Å². The van der Waals surface area contributed by atoms with Crippen LogP contribution in [0.1, 0.15) is 12.0 Å². The minimum Gasteiger partial charge on any atom is -0.380 e. The molecule has 0 aliphatic carbocycles. The van der Waals surface area contributed by atoms with Crippen LogP contribution >= 0.6 is 0 Å². The first-order valence-corrected chi connectivity index (χ1v) is 9.39. The second-order valence-electron chi connectivity index (χ2n) is 7.04. The fourth-order valence-electron chi connectivity index (χ4n) is 3.43. The summed E-state index contributed by atoms with van der Waals surface area (Å²) < 4.78 is 20.9. The Labute approximate surface area is 162 Å². The van der Waals surface area contributed by atoms with Crippen LogP contribution in [0.15, 0.2) is 41.2 Å². The van der Waals surface area contributed by atoms with Crippen LogP contribution in [0.5, 0.6) is 0 Å². The maximum atomic E-state index is 13.9. The van der Waals surface area contributed by atoms with Crippen molar-refractivity contribution in [1.29, 1.82) is 0 Å². The number of benzene rings is 2. The van der Waals surface area contributed by atoms with Gasteiger partial charge in [-0.05, 0) is 49.2 Å². The zero-order chi connectivity index (χ0) is 19.7. The number of rotatable bonds is 3. The van der Waals surface area contributed by atoms with Gasteiger partial charge in [0.1, 0.15) is 5.82 Å². The highest BCUT2D eigenvalue weighted by atomic mass is 19.1. The maximum Gasteiger partial charge on any atom is 0.293 e. The van der Waals surface area contributed by atoms with Crippen molar-refractivity contribution >= 4 is 28.2 Å². The number of ether oxygens (including phenoxy) is 1. The van der Waals surface area contributed by atoms with Crippen LogP contribution in [-0.2, 0) is 11.8 Å². The van der Waals surface area contributed by atoms with Gasteiger partial charge in [0.15, 0.2) is 5.82 Å². The molecule has 28 heavy (non-hydrogen) atoms. The highest BCUT2D eigenvalue weighted by molar-refractivity contribution is 5.78. The molecule has 7 heteroatoms. The average Bonchev–Trinajstić information content (AvgIpc) is 2.98. The Bertz CT molecular complexity index is 1050. The number of nitrogens with zero attached hydrogens (tertiary/aromatic N) is 3. The number of anilines is 3. The van der Waals surface area contributed by atoms with Crippen molar-refractivity contribution in [1.82, 2.24) is 9.55 Å². The lowest BCUT2D eigenvalue weighted by Gasteiger charge is -2.22. The number of nitrogens with one attached hydrogen (secondary N) is 1. The van der Waals surface area contributed by atoms with E-state index in [0.717, 1.165) is 44.1 Å². The summed E-state index contributed by atoms with van der Waals surface area (Å²) in [6.45, 7) is 5.03. The largest absolute Gasteiger partial charge is 0.380 e. The smallest absolute Gasteiger partial charge is 0.293 e. The molecule has 146 valence electrons. The molecule has 0 spiro atoms. The van der Waals surface area contributed by atoms with Crippen molar-refractivity contribution in [3.8, 4) is 0 Å². The number of aryl methyl sites for hydroxylation is 2. The lowest BCUT2D eigenvalue weighted by molar-refractivity contribution is 0.152. The highest BCUT2D eigenvalue weighted by Gasteiger charge is 2.13. The molecule has 2 heterocycles. The number of aromatic nitrogens is 2. The van der Waals surface area contributed by atoms with Gasteiger partial charge in [0.05, 0.1) is 17.6 Å². The third kappa shape index (κ3) is 3.57. The Kier molecular flexibility index (Phi) is 5.00. The summed E-state index contributed by atoms with van der Waals surface area (Å²) in [5.74, 6) is -0.162. The van der Waals surface area contributed by atoms with Gasteiger partial charge in [-0.3, -0.25) is 4.79 Å². The Hall–Kier alpha value is -2.93. The van der Waals surface area contributed by atoms with Gasteiger partial charge in [-0.25, -0.2) is 9.37 Å². The summed E-state index contributed by atoms with van der Waals surface area (Å²) in [6, 6.07) is 10.9. The molecule has 0 saturated carbocycles. The third-order valence-corrected chi connectivity index (χ3v) is 5.07. The molecule has 1 N–H and O–H groups in total. The number of fused-ring (bicyclic) bond motifs is 1. The highest BCUT2D eigenvalue weighted by Crippen LogP contribution is 2.22. The minimum atomic E-state index is -0.338. The van der Waals surface area contributed by atoms with E-state index in [4.69, 9.17) is 4.74 Å². The standard InChI is InChI=1S/C21H23FN4O2/c1-14-12-19-18(13-17(14)22)24-20(21(27)25(19)2)23-15-4-6-16(7-5-15)26-8-3-10-28-11-9-26/h4-7,12-13H,3,8-11H2,1-2H3,(H,23,24). The van der Waals surface area contributed by atoms with Crippen LogP contribution in [-0.4, -0.2) is 35.9 Å². The van der Waals surface area contributed by atoms with Gasteiger partial charge in [-0.2, -0.15) is 0 Å². The quantitative estimate of drug-likeness (QED) is 0.753. The zero-order valence-electron chi connectivity index (χ0n) is 16.0. The summed E-state index contributed by atoms with van der Waals surface area (Å²) in [5.41, 5.74) is 3.15. The first-order chi connectivity index (χ1) is 13.5. The molecule has 2 aromatic carbocycles. The van der Waals surface area contributed by atoms with E-state index in [9.17, 15) is 9.18 Å². The van der Waals surface area contributed by atoms with Gasteiger partial charge in [-0.15, -0.1) is 0 Å². The molecule has 1 fully saturated rings. The number of hydrogen-bond donors (Lipinski definition) is 1. The van der Waals surface area contributed by atoms with Crippen molar-refractivity contribution in [3.05, 3.63) is 58.1 Å². The predicted molar refractivity (Wildman–Crippen MR) is 109 cm³/mol. The summed E-state index contributed by atoms with van der Waals surface area (Å²) in [4.78, 5) is 19.3. The van der Waals surface area contributed by atoms with E-state index < -0.39 is 0 Å². The van der Waals surface area contributed by atoms with Gasteiger partial charge in [0.25, 0.3) is 5.56 Å². The van der Waals surface area contributed by atoms with E-state index in [-0.39, 0.29) is 17.2 Å². The second kappa shape index (κ2) is 7.59. The van der Waals surface area contributed by atoms with Crippen molar-refractivity contribution in [2.45, 2.75) is 13.3 Å². The second-order valence-corrected chi connectivity index (χ2v) is 7.04. The normalized spacial score (nSPS) is 14.9. The molecule has 0 radical (unpaired) electrons. The topological polar surface area (TPSA) is 59.4 Å². The summed E-state index contributed by atoms with van der Waals surface area (Å²) in [6.07, 6.45) is 1.01. The van der Waals surface area contributed by atoms with Gasteiger partial charge >= 0.3 is 0 Å². The summed E-state index contributed by atoms with van der Waals surface area (Å²) in [7, 11) is 1.67. The Morgan fingerprint density at radius 2 is 1.93 bits per heavy atom. The molecule has 1 aliphatic heterocycles. The van der Waals surface area contributed by atoms with Crippen molar-refractivity contribution in [2.75, 3.05) is 36.5 Å². The van der Waals surface area contributed by atoms with Crippen LogP contribution in [0.2, 0.25) is 0 Å². The Morgan fingerprint density at radius 1 is 1.14 bits per heavy atom. The number of hydrogen-bond acceptors (Lipinski definition) is 5. The molecule has 3 aromatic rings. The predicted octanol–water partition coefficient (Wildman–Crippen LogP) is 3.35. The minimum absolute atomic E-state index is 0.175. The molecule has 0 bridgehead atoms. The van der Waals surface area contributed by atoms with E-state index in [1.807, 2.05) is 24.3 Å². The average molecular weight is 382 g/mol. The monoisotopic (exact) mass is 382 g/mol. The molecular formula is C21H23FN4O2. The maximum absolute atomic E-state index is 13.9. The number of halogens is 1. The molecule has 1 aliphatic rings. The van der Waals surface area contributed by atoms with Crippen LogP contribution in [0.3, 0.4) is 0 Å². The van der Waals surface area contributed by atoms with E-state index in [1.165, 1.54) is 10.6 Å². The van der Waals surface area contributed by atoms with Crippen LogP contribution in [0.25, 0.3) is 11.0 Å². The van der Waals surface area contributed by atoms with Gasteiger partial charge in [0, 0.05) is 44.2 Å². The molecule has 0 amide bonds. The van der Waals surface area contributed by atoms with Crippen molar-refractivity contribution in [3.63, 3.8) is 0 Å². The Balaban J connectivity index is 1.62. The van der Waals surface area contributed by atoms with E-state index in [0.29, 0.717) is 16.6 Å². The van der Waals surface area contributed by atoms with Crippen molar-refractivity contribution in [2.24, 2.45) is 7.05 Å². The molecule has 0 unspecified atom stereocenters. The molecule has 0 atom stereocenters. The zero-order valence-corrected chi connectivity index (χ0v) is 16.0. The molecule has 1 saturated heterocycles. The van der Waals surface area contributed by atoms with Gasteiger partial charge < -0.3 is 19.5 Å². The lowest BCUT2D eigenvalue weighted by Crippen LogP contribution is -2.25. The third-order valence-electron chi connectivity index (χ3n) is 5.07. The molecule has 1 aromatic heterocycles. The summed E-state index contributed by atoms with van der Waals surface area (Å²) in [5, 5.41) is 3.07. The van der Waals surface area contributed by atoms with E-state index >= 15 is 0 Å². The molecule has 4 rings (SSSR count). The van der Waals surface area contributed by atoms with Crippen LogP contribution in [0, 0.1) is 12.7 Å². The van der Waals surface area contributed by atoms with Crippen molar-refractivity contribution < 1.29 is 9.13 Å². The van der Waals surface area contributed by atoms with E-state index in [1.54, 1.807) is 20.0 Å². The molecule has 6 nitrogen and oxygen atoms in total.